The van der Waals surface area contributed by atoms with Gasteiger partial charge in [-0.05, 0) is 94.2 Å². The molecule has 3 saturated heterocycles. The molecule has 0 aromatic heterocycles. The fourth-order valence-electron chi connectivity index (χ4n) is 9.87. The van der Waals surface area contributed by atoms with Gasteiger partial charge in [0.05, 0.1) is 23.9 Å². The Morgan fingerprint density at radius 3 is 2.59 bits per heavy atom. The number of carbonyl (C=O) groups excluding carboxylic acids is 1. The van der Waals surface area contributed by atoms with E-state index in [0.717, 1.165) is 32.1 Å². The lowest BCUT2D eigenvalue weighted by molar-refractivity contribution is -0.369. The van der Waals surface area contributed by atoms with Crippen molar-refractivity contribution in [2.45, 2.75) is 115 Å². The van der Waals surface area contributed by atoms with Crippen molar-refractivity contribution in [3.05, 3.63) is 34.9 Å². The highest BCUT2D eigenvalue weighted by Crippen LogP contribution is 2.75. The molecule has 6 aliphatic rings. The highest BCUT2D eigenvalue weighted by molar-refractivity contribution is 6.30. The van der Waals surface area contributed by atoms with Gasteiger partial charge in [0.15, 0.2) is 6.29 Å². The first-order valence-electron chi connectivity index (χ1n) is 14.6. The summed E-state index contributed by atoms with van der Waals surface area (Å²) in [7, 11) is 0. The van der Waals surface area contributed by atoms with Crippen molar-refractivity contribution >= 4 is 17.6 Å². The Kier molecular flexibility index (Phi) is 5.76. The van der Waals surface area contributed by atoms with Crippen LogP contribution in [0, 0.1) is 28.6 Å². The Morgan fingerprint density at radius 2 is 1.90 bits per heavy atom. The van der Waals surface area contributed by atoms with Gasteiger partial charge in [0, 0.05) is 16.9 Å². The number of epoxide rings is 1. The molecule has 2 spiro atoms. The van der Waals surface area contributed by atoms with Crippen LogP contribution in [0.5, 0.6) is 0 Å². The maximum absolute atomic E-state index is 13.0. The summed E-state index contributed by atoms with van der Waals surface area (Å²) in [5.74, 6) is 0.765. The number of carbonyl (C=O) groups is 1. The molecule has 11 atom stereocenters. The average molecular weight is 561 g/mol. The topological polar surface area (TPSA) is 86.8 Å². The zero-order valence-electron chi connectivity index (χ0n) is 23.6. The van der Waals surface area contributed by atoms with Crippen LogP contribution in [-0.4, -0.2) is 59.3 Å². The SMILES string of the molecule is CC(C)(C)O[C@H]1CC[C@H]2[C@@H]3C[C@]4(CO4)[C@]45O[C@H](C[C@]4(C)[C@H]3CC[C@]12C)O[C@H](OC(=O)c1cccc(Cl)c1)[C@H]5O. The summed E-state index contributed by atoms with van der Waals surface area (Å²) in [6.45, 7) is 11.7. The van der Waals surface area contributed by atoms with Crippen LogP contribution >= 0.6 is 11.6 Å². The van der Waals surface area contributed by atoms with E-state index in [2.05, 4.69) is 34.6 Å². The van der Waals surface area contributed by atoms with Crippen LogP contribution in [-0.2, 0) is 23.7 Å². The third-order valence-corrected chi connectivity index (χ3v) is 11.6. The maximum Gasteiger partial charge on any atom is 0.340 e. The van der Waals surface area contributed by atoms with E-state index in [9.17, 15) is 9.90 Å². The summed E-state index contributed by atoms with van der Waals surface area (Å²) in [5, 5.41) is 12.4. The van der Waals surface area contributed by atoms with Crippen LogP contribution in [0.15, 0.2) is 24.3 Å². The molecular formula is C31H41ClO7. The summed E-state index contributed by atoms with van der Waals surface area (Å²) in [6.07, 6.45) is 3.25. The molecule has 0 radical (unpaired) electrons. The predicted octanol–water partition coefficient (Wildman–Crippen LogP) is 5.50. The van der Waals surface area contributed by atoms with E-state index in [4.69, 9.17) is 35.3 Å². The van der Waals surface area contributed by atoms with Crippen molar-refractivity contribution in [3.63, 3.8) is 0 Å². The molecule has 7 rings (SSSR count). The van der Waals surface area contributed by atoms with E-state index in [-0.39, 0.29) is 22.5 Å². The van der Waals surface area contributed by atoms with E-state index in [0.29, 0.717) is 41.4 Å². The molecule has 39 heavy (non-hydrogen) atoms. The van der Waals surface area contributed by atoms with Gasteiger partial charge >= 0.3 is 5.97 Å². The van der Waals surface area contributed by atoms with Crippen molar-refractivity contribution in [3.8, 4) is 0 Å². The minimum Gasteiger partial charge on any atom is -0.429 e. The molecule has 1 aromatic rings. The van der Waals surface area contributed by atoms with Crippen molar-refractivity contribution in [1.82, 2.24) is 0 Å². The number of fused-ring (bicyclic) bond motifs is 5. The average Bonchev–Trinajstić information content (AvgIpc) is 3.48. The summed E-state index contributed by atoms with van der Waals surface area (Å²) < 4.78 is 31.5. The van der Waals surface area contributed by atoms with Gasteiger partial charge in [0.25, 0.3) is 0 Å². The summed E-state index contributed by atoms with van der Waals surface area (Å²) in [5.41, 5.74) is -1.70. The molecule has 0 unspecified atom stereocenters. The second kappa shape index (κ2) is 8.42. The van der Waals surface area contributed by atoms with Crippen LogP contribution in [0.3, 0.4) is 0 Å². The van der Waals surface area contributed by atoms with Crippen molar-refractivity contribution in [1.29, 1.82) is 0 Å². The highest BCUT2D eigenvalue weighted by Gasteiger charge is 2.84. The van der Waals surface area contributed by atoms with Crippen molar-refractivity contribution in [2.75, 3.05) is 6.61 Å². The number of benzene rings is 1. The number of hydrogen-bond acceptors (Lipinski definition) is 7. The van der Waals surface area contributed by atoms with E-state index >= 15 is 0 Å². The summed E-state index contributed by atoms with van der Waals surface area (Å²) >= 11 is 6.09. The molecule has 3 aliphatic heterocycles. The van der Waals surface area contributed by atoms with Crippen LogP contribution < -0.4 is 0 Å². The zero-order valence-corrected chi connectivity index (χ0v) is 24.3. The number of esters is 1. The highest BCUT2D eigenvalue weighted by atomic mass is 35.5. The third kappa shape index (κ3) is 3.63. The summed E-state index contributed by atoms with van der Waals surface area (Å²) in [6, 6.07) is 6.60. The number of rotatable bonds is 3. The Labute approximate surface area is 235 Å². The first-order chi connectivity index (χ1) is 18.3. The Balaban J connectivity index is 1.19. The second-order valence-electron chi connectivity index (χ2n) is 14.5. The summed E-state index contributed by atoms with van der Waals surface area (Å²) in [4.78, 5) is 13.0. The standard InChI is InChI=1S/C31H41ClO7/c1-27(2,3)38-22-10-9-20-19-14-30(16-35-30)31-24(33)26(37-25(34)17-7-6-8-18(32)13-17)36-23(39-31)15-29(31,5)21(19)11-12-28(20,22)4/h6-8,13,19-24,26,33H,9-12,14-16H2,1-5H3/t19-,20-,21-,22-,23+,24+,26+,28-,29+,30-,31+/m0/s1. The molecule has 8 heteroatoms. The quantitative estimate of drug-likeness (QED) is 0.385. The van der Waals surface area contributed by atoms with Gasteiger partial charge < -0.3 is 28.8 Å². The number of hydrogen-bond donors (Lipinski definition) is 1. The lowest BCUT2D eigenvalue weighted by Gasteiger charge is -2.63. The smallest absolute Gasteiger partial charge is 0.340 e. The predicted molar refractivity (Wildman–Crippen MR) is 143 cm³/mol. The minimum atomic E-state index is -1.17. The van der Waals surface area contributed by atoms with Gasteiger partial charge in [-0.1, -0.05) is 31.5 Å². The Morgan fingerprint density at radius 1 is 1.13 bits per heavy atom. The maximum atomic E-state index is 13.0. The fourth-order valence-corrected chi connectivity index (χ4v) is 10.1. The van der Waals surface area contributed by atoms with Crippen molar-refractivity contribution < 1.29 is 33.6 Å². The van der Waals surface area contributed by atoms with Crippen LogP contribution in [0.2, 0.25) is 5.02 Å². The number of ether oxygens (including phenoxy) is 5. The Bertz CT molecular complexity index is 1180. The van der Waals surface area contributed by atoms with Gasteiger partial charge in [0.2, 0.25) is 6.29 Å². The fraction of sp³-hybridized carbons (Fsp3) is 0.774. The zero-order chi connectivity index (χ0) is 27.6. The van der Waals surface area contributed by atoms with Gasteiger partial charge in [-0.15, -0.1) is 0 Å². The Hall–Kier alpha value is -1.22. The van der Waals surface area contributed by atoms with Gasteiger partial charge in [0.1, 0.15) is 17.3 Å². The van der Waals surface area contributed by atoms with E-state index in [1.807, 2.05) is 0 Å². The molecule has 3 saturated carbocycles. The van der Waals surface area contributed by atoms with Crippen molar-refractivity contribution in [2.24, 2.45) is 28.6 Å². The molecule has 214 valence electrons. The molecule has 6 fully saturated rings. The normalized spacial score (nSPS) is 49.8. The lowest BCUT2D eigenvalue weighted by atomic mass is 9.43. The van der Waals surface area contributed by atoms with Gasteiger partial charge in [-0.2, -0.15) is 0 Å². The van der Waals surface area contributed by atoms with E-state index in [1.165, 1.54) is 0 Å². The first kappa shape index (κ1) is 26.7. The van der Waals surface area contributed by atoms with E-state index < -0.39 is 35.9 Å². The molecule has 2 bridgehead atoms. The molecule has 7 nitrogen and oxygen atoms in total. The van der Waals surface area contributed by atoms with Crippen LogP contribution in [0.25, 0.3) is 0 Å². The minimum absolute atomic E-state index is 0.129. The van der Waals surface area contributed by atoms with Gasteiger partial charge in [-0.3, -0.25) is 0 Å². The number of halogens is 1. The third-order valence-electron chi connectivity index (χ3n) is 11.4. The van der Waals surface area contributed by atoms with Crippen LogP contribution in [0.4, 0.5) is 0 Å². The lowest BCUT2D eigenvalue weighted by Crippen LogP contribution is -2.74. The molecule has 1 aromatic carbocycles. The monoisotopic (exact) mass is 560 g/mol. The molecule has 3 aliphatic carbocycles. The largest absolute Gasteiger partial charge is 0.429 e. The number of aliphatic hydroxyl groups is 1. The number of aliphatic hydroxyl groups excluding tert-OH is 1. The molecule has 1 N–H and O–H groups in total. The molecule has 3 heterocycles. The van der Waals surface area contributed by atoms with E-state index in [1.54, 1.807) is 24.3 Å². The molecule has 0 amide bonds. The first-order valence-corrected chi connectivity index (χ1v) is 15.0. The van der Waals surface area contributed by atoms with Gasteiger partial charge in [-0.25, -0.2) is 4.79 Å². The van der Waals surface area contributed by atoms with Crippen LogP contribution in [0.1, 0.15) is 83.5 Å². The second-order valence-corrected chi connectivity index (χ2v) is 14.9. The molecular weight excluding hydrogens is 520 g/mol.